The van der Waals surface area contributed by atoms with Gasteiger partial charge in [-0.25, -0.2) is 4.79 Å². The Kier molecular flexibility index (Phi) is 5.30. The van der Waals surface area contributed by atoms with E-state index in [0.717, 1.165) is 11.1 Å². The van der Waals surface area contributed by atoms with Crippen LogP contribution in [0.4, 0.5) is 13.2 Å². The van der Waals surface area contributed by atoms with Crippen molar-refractivity contribution in [3.8, 4) is 11.5 Å². The highest BCUT2D eigenvalue weighted by Crippen LogP contribution is 2.60. The van der Waals surface area contributed by atoms with Crippen LogP contribution in [0.3, 0.4) is 0 Å². The number of hydrogen-bond donors (Lipinski definition) is 3. The number of carboxylic acid groups (broad SMARTS) is 1. The molecule has 32 heavy (non-hydrogen) atoms. The lowest BCUT2D eigenvalue weighted by atomic mass is 9.59. The molecule has 176 valence electrons. The number of esters is 1. The molecule has 3 N–H and O–H groups in total. The van der Waals surface area contributed by atoms with E-state index in [1.165, 1.54) is 6.92 Å². The van der Waals surface area contributed by atoms with Gasteiger partial charge in [-0.3, -0.25) is 9.69 Å². The van der Waals surface area contributed by atoms with Crippen molar-refractivity contribution < 1.29 is 52.3 Å². The third-order valence-corrected chi connectivity index (χ3v) is 6.65. The molecule has 1 aromatic carbocycles. The van der Waals surface area contributed by atoms with Gasteiger partial charge in [0.1, 0.15) is 17.9 Å². The van der Waals surface area contributed by atoms with Crippen LogP contribution in [0.2, 0.25) is 0 Å². The van der Waals surface area contributed by atoms with Crippen LogP contribution in [0.1, 0.15) is 37.3 Å². The van der Waals surface area contributed by atoms with Crippen molar-refractivity contribution in [3.63, 3.8) is 0 Å². The van der Waals surface area contributed by atoms with E-state index in [1.54, 1.807) is 0 Å². The number of alkyl halides is 3. The van der Waals surface area contributed by atoms with Gasteiger partial charge in [-0.2, -0.15) is 13.2 Å². The Hall–Kier alpha value is -2.57. The average molecular weight is 461 g/mol. The zero-order chi connectivity index (χ0) is 23.5. The first-order valence-electron chi connectivity index (χ1n) is 9.96. The van der Waals surface area contributed by atoms with Crippen LogP contribution in [-0.4, -0.2) is 69.6 Å². The zero-order valence-electron chi connectivity index (χ0n) is 17.0. The number of hydrogen-bond acceptors (Lipinski definition) is 8. The van der Waals surface area contributed by atoms with Crippen LogP contribution in [0.25, 0.3) is 0 Å². The van der Waals surface area contributed by atoms with Gasteiger partial charge >= 0.3 is 18.1 Å². The topological polar surface area (TPSA) is 126 Å². The van der Waals surface area contributed by atoms with Gasteiger partial charge in [-0.15, -0.1) is 0 Å². The molecular formula is C20H22F3NO8. The van der Waals surface area contributed by atoms with Crippen LogP contribution in [0.5, 0.6) is 11.5 Å². The summed E-state index contributed by atoms with van der Waals surface area (Å²) in [5, 5.41) is 29.9. The predicted molar refractivity (Wildman–Crippen MR) is 98.7 cm³/mol. The number of aliphatic carboxylic acids is 1. The van der Waals surface area contributed by atoms with Crippen molar-refractivity contribution in [2.24, 2.45) is 0 Å². The third-order valence-electron chi connectivity index (χ3n) is 6.65. The molecule has 2 bridgehead atoms. The molecule has 0 radical (unpaired) electrons. The average Bonchev–Trinajstić information content (AvgIpc) is 3.21. The summed E-state index contributed by atoms with van der Waals surface area (Å²) in [7, 11) is 0. The number of halogens is 3. The number of aliphatic hydroxyl groups excluding tert-OH is 1. The maximum Gasteiger partial charge on any atom is 0.490 e. The number of aliphatic hydroxyl groups is 2. The van der Waals surface area contributed by atoms with Crippen molar-refractivity contribution in [2.45, 2.75) is 62.3 Å². The van der Waals surface area contributed by atoms with E-state index < -0.39 is 41.5 Å². The highest BCUT2D eigenvalue weighted by atomic mass is 19.4. The largest absolute Gasteiger partial charge is 0.490 e. The van der Waals surface area contributed by atoms with Crippen molar-refractivity contribution >= 4 is 11.9 Å². The molecule has 1 saturated heterocycles. The fourth-order valence-electron chi connectivity index (χ4n) is 5.36. The monoisotopic (exact) mass is 461 g/mol. The lowest BCUT2D eigenvalue weighted by Crippen LogP contribution is -2.69. The molecule has 5 rings (SSSR count). The Morgan fingerprint density at radius 3 is 2.44 bits per heavy atom. The fraction of sp³-hybridized carbons (Fsp3) is 0.600. The summed E-state index contributed by atoms with van der Waals surface area (Å²) in [6, 6.07) is 3.84. The molecule has 1 unspecified atom stereocenters. The smallest absolute Gasteiger partial charge is 0.475 e. The minimum Gasteiger partial charge on any atom is -0.475 e. The maximum atomic E-state index is 11.6. The molecule has 9 nitrogen and oxygen atoms in total. The standard InChI is InChI=1S/C18H21NO6.C2HF3O2/c1-10(20)25-13-2-3-18(22)17(16(13)21)4-5-19(18)8-11-6-14-15(7-12(11)17)24-9-23-14;3-2(4,5)1(6)7/h6-7,13,16,21-22H,2-5,8-9H2,1H3;(H,6,7)/t13-,16-,17+,18+;/m0./s1. The quantitative estimate of drug-likeness (QED) is 0.530. The van der Waals surface area contributed by atoms with E-state index in [0.29, 0.717) is 43.9 Å². The number of fused-ring (bicyclic) bond motifs is 2. The molecule has 2 fully saturated rings. The van der Waals surface area contributed by atoms with Crippen molar-refractivity contribution in [1.29, 1.82) is 0 Å². The normalized spacial score (nSPS) is 34.0. The Morgan fingerprint density at radius 1 is 1.22 bits per heavy atom. The lowest BCUT2D eigenvalue weighted by Gasteiger charge is -2.56. The molecule has 1 aliphatic carbocycles. The van der Waals surface area contributed by atoms with Gasteiger partial charge in [-0.1, -0.05) is 0 Å². The van der Waals surface area contributed by atoms with E-state index in [1.807, 2.05) is 17.0 Å². The van der Waals surface area contributed by atoms with Gasteiger partial charge in [-0.05, 0) is 42.5 Å². The number of nitrogens with zero attached hydrogens (tertiary/aromatic N) is 1. The second-order valence-electron chi connectivity index (χ2n) is 8.26. The van der Waals surface area contributed by atoms with Gasteiger partial charge in [0.05, 0.1) is 5.41 Å². The van der Waals surface area contributed by atoms with E-state index in [9.17, 15) is 28.2 Å². The van der Waals surface area contributed by atoms with Gasteiger partial charge < -0.3 is 29.5 Å². The number of ether oxygens (including phenoxy) is 3. The molecule has 3 heterocycles. The first-order chi connectivity index (χ1) is 14.9. The first-order valence-corrected chi connectivity index (χ1v) is 9.96. The second kappa shape index (κ2) is 7.49. The Bertz CT molecular complexity index is 954. The zero-order valence-corrected chi connectivity index (χ0v) is 17.0. The van der Waals surface area contributed by atoms with Crippen molar-refractivity contribution in [2.75, 3.05) is 13.3 Å². The molecule has 3 aliphatic heterocycles. The summed E-state index contributed by atoms with van der Waals surface area (Å²) in [5.74, 6) is -1.84. The van der Waals surface area contributed by atoms with Crippen molar-refractivity contribution in [3.05, 3.63) is 23.3 Å². The minimum absolute atomic E-state index is 0.178. The molecule has 1 aromatic rings. The van der Waals surface area contributed by atoms with Gasteiger partial charge in [0.2, 0.25) is 6.79 Å². The van der Waals surface area contributed by atoms with Gasteiger partial charge in [0.15, 0.2) is 11.5 Å². The lowest BCUT2D eigenvalue weighted by molar-refractivity contribution is -0.221. The van der Waals surface area contributed by atoms with E-state index in [2.05, 4.69) is 0 Å². The number of carbonyl (C=O) groups excluding carboxylic acids is 1. The molecule has 0 amide bonds. The Morgan fingerprint density at radius 2 is 1.84 bits per heavy atom. The summed E-state index contributed by atoms with van der Waals surface area (Å²) < 4.78 is 48.1. The number of carboxylic acids is 1. The molecule has 1 saturated carbocycles. The van der Waals surface area contributed by atoms with E-state index in [-0.39, 0.29) is 6.79 Å². The van der Waals surface area contributed by atoms with E-state index in [4.69, 9.17) is 24.1 Å². The summed E-state index contributed by atoms with van der Waals surface area (Å²) in [4.78, 5) is 22.4. The van der Waals surface area contributed by atoms with Crippen LogP contribution in [0.15, 0.2) is 12.1 Å². The predicted octanol–water partition coefficient (Wildman–Crippen LogP) is 1.28. The molecule has 0 spiro atoms. The fourth-order valence-corrected chi connectivity index (χ4v) is 5.36. The highest BCUT2D eigenvalue weighted by Gasteiger charge is 2.69. The van der Waals surface area contributed by atoms with Crippen LogP contribution < -0.4 is 9.47 Å². The second-order valence-corrected chi connectivity index (χ2v) is 8.26. The molecule has 0 aromatic heterocycles. The maximum absolute atomic E-state index is 11.6. The van der Waals surface area contributed by atoms with Gasteiger partial charge in [0, 0.05) is 20.0 Å². The minimum atomic E-state index is -5.08. The molecular weight excluding hydrogens is 439 g/mol. The van der Waals surface area contributed by atoms with E-state index >= 15 is 0 Å². The number of carbonyl (C=O) groups is 2. The number of rotatable bonds is 1. The van der Waals surface area contributed by atoms with Crippen LogP contribution in [-0.2, 0) is 26.3 Å². The molecule has 4 aliphatic rings. The third kappa shape index (κ3) is 3.28. The molecule has 12 heteroatoms. The first kappa shape index (κ1) is 22.6. The summed E-state index contributed by atoms with van der Waals surface area (Å²) in [6.07, 6.45) is -5.17. The Labute approximate surface area is 180 Å². The Balaban J connectivity index is 0.000000307. The summed E-state index contributed by atoms with van der Waals surface area (Å²) in [6.45, 7) is 2.81. The van der Waals surface area contributed by atoms with Gasteiger partial charge in [0.25, 0.3) is 0 Å². The number of benzene rings is 1. The molecule has 5 atom stereocenters. The summed E-state index contributed by atoms with van der Waals surface area (Å²) in [5.41, 5.74) is -0.116. The van der Waals surface area contributed by atoms with Crippen LogP contribution >= 0.6 is 0 Å². The van der Waals surface area contributed by atoms with Crippen molar-refractivity contribution in [1.82, 2.24) is 4.90 Å². The van der Waals surface area contributed by atoms with Crippen LogP contribution in [0, 0.1) is 0 Å². The SMILES string of the molecule is CC(=O)O[C@H]1CC[C@]2(O)N3CC[C@@]2(c2cc4c(cc2C3)OCO4)[C@H]1O.O=C(O)C(F)(F)F. The summed E-state index contributed by atoms with van der Waals surface area (Å²) >= 11 is 0. The highest BCUT2D eigenvalue weighted by molar-refractivity contribution is 5.73.